The molecule has 0 radical (unpaired) electrons. The van der Waals surface area contributed by atoms with Crippen molar-refractivity contribution in [1.82, 2.24) is 4.90 Å². The molecule has 0 saturated carbocycles. The van der Waals surface area contributed by atoms with Crippen LogP contribution in [0.15, 0.2) is 42.5 Å². The van der Waals surface area contributed by atoms with E-state index >= 15 is 0 Å². The summed E-state index contributed by atoms with van der Waals surface area (Å²) in [4.78, 5) is 25.5. The van der Waals surface area contributed by atoms with E-state index in [1.54, 1.807) is 25.2 Å². The summed E-state index contributed by atoms with van der Waals surface area (Å²) in [5.74, 6) is 1.16. The summed E-state index contributed by atoms with van der Waals surface area (Å²) in [5.41, 5.74) is 1.80. The first-order valence-corrected chi connectivity index (χ1v) is 8.14. The SMILES string of the molecule is Cc1ccc(NC(=O)CN(C)C(=O)COc2ccc3c(c2)OCO3)cc1. The monoisotopic (exact) mass is 356 g/mol. The van der Waals surface area contributed by atoms with Gasteiger partial charge in [0.15, 0.2) is 18.1 Å². The minimum atomic E-state index is -0.304. The maximum atomic E-state index is 12.1. The van der Waals surface area contributed by atoms with Gasteiger partial charge in [-0.25, -0.2) is 0 Å². The van der Waals surface area contributed by atoms with Crippen LogP contribution in [0.2, 0.25) is 0 Å². The van der Waals surface area contributed by atoms with Crippen LogP contribution in [0.4, 0.5) is 5.69 Å². The number of nitrogens with one attached hydrogen (secondary N) is 1. The number of amides is 2. The topological polar surface area (TPSA) is 77.1 Å². The van der Waals surface area contributed by atoms with Crippen molar-refractivity contribution in [2.75, 3.05) is 32.3 Å². The Balaban J connectivity index is 1.46. The third-order valence-corrected chi connectivity index (χ3v) is 3.85. The number of nitrogens with zero attached hydrogens (tertiary/aromatic N) is 1. The van der Waals surface area contributed by atoms with Gasteiger partial charge in [0, 0.05) is 18.8 Å². The van der Waals surface area contributed by atoms with Gasteiger partial charge in [-0.15, -0.1) is 0 Å². The minimum Gasteiger partial charge on any atom is -0.484 e. The smallest absolute Gasteiger partial charge is 0.260 e. The zero-order valence-electron chi connectivity index (χ0n) is 14.7. The van der Waals surface area contributed by atoms with Gasteiger partial charge in [0.1, 0.15) is 5.75 Å². The van der Waals surface area contributed by atoms with Crippen LogP contribution in [0, 0.1) is 6.92 Å². The van der Waals surface area contributed by atoms with Crippen LogP contribution in [-0.2, 0) is 9.59 Å². The highest BCUT2D eigenvalue weighted by molar-refractivity contribution is 5.94. The zero-order chi connectivity index (χ0) is 18.5. The Bertz CT molecular complexity index is 804. The molecule has 26 heavy (non-hydrogen) atoms. The summed E-state index contributed by atoms with van der Waals surface area (Å²) >= 11 is 0. The van der Waals surface area contributed by atoms with Gasteiger partial charge in [-0.1, -0.05) is 17.7 Å². The summed E-state index contributed by atoms with van der Waals surface area (Å²) in [6, 6.07) is 12.5. The Morgan fingerprint density at radius 1 is 1.12 bits per heavy atom. The molecule has 0 fully saturated rings. The number of benzene rings is 2. The predicted octanol–water partition coefficient (Wildman–Crippen LogP) is 2.20. The molecule has 1 aliphatic rings. The van der Waals surface area contributed by atoms with Crippen LogP contribution in [0.3, 0.4) is 0 Å². The number of likely N-dealkylation sites (N-methyl/N-ethyl adjacent to an activating group) is 1. The molecule has 7 nitrogen and oxygen atoms in total. The van der Waals surface area contributed by atoms with Crippen molar-refractivity contribution < 1.29 is 23.8 Å². The predicted molar refractivity (Wildman–Crippen MR) is 95.5 cm³/mol. The highest BCUT2D eigenvalue weighted by Gasteiger charge is 2.16. The standard InChI is InChI=1S/C19H20N2O5/c1-13-3-5-14(6-4-13)20-18(22)10-21(2)19(23)11-24-15-7-8-16-17(9-15)26-12-25-16/h3-9H,10-12H2,1-2H3,(H,20,22). The Labute approximate surface area is 151 Å². The fourth-order valence-corrected chi connectivity index (χ4v) is 2.36. The van der Waals surface area contributed by atoms with Gasteiger partial charge >= 0.3 is 0 Å². The van der Waals surface area contributed by atoms with Gasteiger partial charge in [-0.2, -0.15) is 0 Å². The van der Waals surface area contributed by atoms with E-state index in [1.165, 1.54) is 4.90 Å². The summed E-state index contributed by atoms with van der Waals surface area (Å²) in [5, 5.41) is 2.75. The van der Waals surface area contributed by atoms with Crippen molar-refractivity contribution in [2.45, 2.75) is 6.92 Å². The first kappa shape index (κ1) is 17.6. The number of aryl methyl sites for hydroxylation is 1. The third-order valence-electron chi connectivity index (χ3n) is 3.85. The van der Waals surface area contributed by atoms with Crippen LogP contribution in [0.25, 0.3) is 0 Å². The van der Waals surface area contributed by atoms with Gasteiger partial charge < -0.3 is 24.4 Å². The summed E-state index contributed by atoms with van der Waals surface area (Å²) in [6.45, 7) is 1.92. The van der Waals surface area contributed by atoms with Gasteiger partial charge in [0.2, 0.25) is 12.7 Å². The largest absolute Gasteiger partial charge is 0.484 e. The van der Waals surface area contributed by atoms with E-state index in [9.17, 15) is 9.59 Å². The van der Waals surface area contributed by atoms with Crippen molar-refractivity contribution in [1.29, 1.82) is 0 Å². The highest BCUT2D eigenvalue weighted by Crippen LogP contribution is 2.35. The van der Waals surface area contributed by atoms with Crippen LogP contribution in [0.5, 0.6) is 17.2 Å². The number of ether oxygens (including phenoxy) is 3. The maximum absolute atomic E-state index is 12.1. The van der Waals surface area contributed by atoms with E-state index in [1.807, 2.05) is 31.2 Å². The number of carbonyl (C=O) groups excluding carboxylic acids is 2. The quantitative estimate of drug-likeness (QED) is 0.859. The molecule has 0 spiro atoms. The molecule has 1 N–H and O–H groups in total. The minimum absolute atomic E-state index is 0.0583. The summed E-state index contributed by atoms with van der Waals surface area (Å²) < 4.78 is 15.9. The Hall–Kier alpha value is -3.22. The zero-order valence-corrected chi connectivity index (χ0v) is 14.7. The lowest BCUT2D eigenvalue weighted by molar-refractivity contribution is -0.135. The van der Waals surface area contributed by atoms with Crippen LogP contribution in [-0.4, -0.2) is 43.7 Å². The summed E-state index contributed by atoms with van der Waals surface area (Å²) in [6.07, 6.45) is 0. The number of rotatable bonds is 6. The average Bonchev–Trinajstić information content (AvgIpc) is 3.09. The molecule has 2 aromatic rings. The molecular weight excluding hydrogens is 336 g/mol. The Morgan fingerprint density at radius 2 is 1.85 bits per heavy atom. The van der Waals surface area contributed by atoms with E-state index in [0.29, 0.717) is 22.9 Å². The Morgan fingerprint density at radius 3 is 2.62 bits per heavy atom. The molecule has 0 unspecified atom stereocenters. The molecule has 0 atom stereocenters. The molecule has 0 bridgehead atoms. The third kappa shape index (κ3) is 4.44. The van der Waals surface area contributed by atoms with Gasteiger partial charge in [-0.05, 0) is 31.2 Å². The van der Waals surface area contributed by atoms with Crippen molar-refractivity contribution in [3.05, 3.63) is 48.0 Å². The molecule has 7 heteroatoms. The van der Waals surface area contributed by atoms with E-state index in [-0.39, 0.29) is 31.8 Å². The molecular formula is C19H20N2O5. The van der Waals surface area contributed by atoms with Crippen molar-refractivity contribution in [3.8, 4) is 17.2 Å². The molecule has 2 aromatic carbocycles. The second kappa shape index (κ2) is 7.77. The molecule has 2 amide bonds. The maximum Gasteiger partial charge on any atom is 0.260 e. The second-order valence-electron chi connectivity index (χ2n) is 5.97. The van der Waals surface area contributed by atoms with Crippen molar-refractivity contribution in [3.63, 3.8) is 0 Å². The Kier molecular flexibility index (Phi) is 5.26. The lowest BCUT2D eigenvalue weighted by Crippen LogP contribution is -2.37. The molecule has 3 rings (SSSR count). The van der Waals surface area contributed by atoms with Gasteiger partial charge in [-0.3, -0.25) is 9.59 Å². The fourth-order valence-electron chi connectivity index (χ4n) is 2.36. The second-order valence-corrected chi connectivity index (χ2v) is 5.97. The number of fused-ring (bicyclic) bond motifs is 1. The van der Waals surface area contributed by atoms with Crippen molar-refractivity contribution in [2.24, 2.45) is 0 Å². The fraction of sp³-hybridized carbons (Fsp3) is 0.263. The first-order chi connectivity index (χ1) is 12.5. The molecule has 0 aromatic heterocycles. The molecule has 0 saturated heterocycles. The van der Waals surface area contributed by atoms with Crippen LogP contribution < -0.4 is 19.5 Å². The molecule has 1 aliphatic heterocycles. The number of anilines is 1. The highest BCUT2D eigenvalue weighted by atomic mass is 16.7. The first-order valence-electron chi connectivity index (χ1n) is 8.14. The number of hydrogen-bond donors (Lipinski definition) is 1. The van der Waals surface area contributed by atoms with Crippen molar-refractivity contribution >= 4 is 17.5 Å². The van der Waals surface area contributed by atoms with Gasteiger partial charge in [0.25, 0.3) is 5.91 Å². The average molecular weight is 356 g/mol. The van der Waals surface area contributed by atoms with Crippen LogP contribution >= 0.6 is 0 Å². The molecule has 1 heterocycles. The number of hydrogen-bond acceptors (Lipinski definition) is 5. The van der Waals surface area contributed by atoms with E-state index in [0.717, 1.165) is 5.56 Å². The van der Waals surface area contributed by atoms with E-state index < -0.39 is 0 Å². The van der Waals surface area contributed by atoms with E-state index in [4.69, 9.17) is 14.2 Å². The summed E-state index contributed by atoms with van der Waals surface area (Å²) in [7, 11) is 1.56. The number of carbonyl (C=O) groups is 2. The van der Waals surface area contributed by atoms with Gasteiger partial charge in [0.05, 0.1) is 6.54 Å². The molecule has 0 aliphatic carbocycles. The van der Waals surface area contributed by atoms with Crippen LogP contribution in [0.1, 0.15) is 5.56 Å². The lowest BCUT2D eigenvalue weighted by Gasteiger charge is -2.17. The normalized spacial score (nSPS) is 11.8. The lowest BCUT2D eigenvalue weighted by atomic mass is 10.2. The molecule has 136 valence electrons. The van der Waals surface area contributed by atoms with E-state index in [2.05, 4.69) is 5.32 Å².